The normalized spacial score (nSPS) is 32.2. The van der Waals surface area contributed by atoms with Crippen molar-refractivity contribution >= 4 is 5.97 Å². The second kappa shape index (κ2) is 3.04. The van der Waals surface area contributed by atoms with Crippen molar-refractivity contribution in [3.8, 4) is 0 Å². The molecule has 0 amide bonds. The van der Waals surface area contributed by atoms with Crippen LogP contribution in [0.4, 0.5) is 0 Å². The molecule has 0 aromatic rings. The molecule has 10 heavy (non-hydrogen) atoms. The first-order chi connectivity index (χ1) is 4.75. The van der Waals surface area contributed by atoms with E-state index in [1.807, 2.05) is 0 Å². The van der Waals surface area contributed by atoms with Crippen LogP contribution in [0, 0.1) is 11.8 Å². The van der Waals surface area contributed by atoms with Crippen molar-refractivity contribution in [3.05, 3.63) is 0 Å². The van der Waals surface area contributed by atoms with Crippen LogP contribution in [0.3, 0.4) is 0 Å². The molecule has 0 spiro atoms. The van der Waals surface area contributed by atoms with Crippen LogP contribution in [-0.4, -0.2) is 13.1 Å². The number of hydrogen-bond donors (Lipinski definition) is 0. The van der Waals surface area contributed by atoms with Crippen LogP contribution in [0.2, 0.25) is 0 Å². The molecule has 58 valence electrons. The van der Waals surface area contributed by atoms with E-state index >= 15 is 0 Å². The Hall–Kier alpha value is -0.530. The van der Waals surface area contributed by atoms with Crippen LogP contribution in [0.5, 0.6) is 0 Å². The van der Waals surface area contributed by atoms with Crippen molar-refractivity contribution in [1.29, 1.82) is 0 Å². The lowest BCUT2D eigenvalue weighted by Crippen LogP contribution is -2.17. The van der Waals surface area contributed by atoms with Crippen LogP contribution in [0.15, 0.2) is 0 Å². The lowest BCUT2D eigenvalue weighted by Gasteiger charge is -2.11. The quantitative estimate of drug-likeness (QED) is 0.520. The summed E-state index contributed by atoms with van der Waals surface area (Å²) in [6, 6.07) is 0. The van der Waals surface area contributed by atoms with E-state index < -0.39 is 0 Å². The van der Waals surface area contributed by atoms with E-state index in [1.54, 1.807) is 0 Å². The Balaban J connectivity index is 2.46. The summed E-state index contributed by atoms with van der Waals surface area (Å²) in [6.07, 6.45) is 3.38. The zero-order chi connectivity index (χ0) is 7.56. The van der Waals surface area contributed by atoms with E-state index in [0.29, 0.717) is 5.92 Å². The van der Waals surface area contributed by atoms with Gasteiger partial charge in [-0.1, -0.05) is 13.3 Å². The maximum absolute atomic E-state index is 11.0. The maximum Gasteiger partial charge on any atom is 0.308 e. The molecule has 0 bridgehead atoms. The SMILES string of the molecule is COC(=O)[C@@H]1CCCC1C. The van der Waals surface area contributed by atoms with Crippen molar-refractivity contribution in [2.45, 2.75) is 26.2 Å². The molecule has 0 aromatic carbocycles. The van der Waals surface area contributed by atoms with E-state index in [9.17, 15) is 4.79 Å². The molecule has 0 heterocycles. The molecule has 1 rings (SSSR count). The Morgan fingerprint density at radius 1 is 1.50 bits per heavy atom. The third kappa shape index (κ3) is 1.31. The number of rotatable bonds is 1. The van der Waals surface area contributed by atoms with Crippen LogP contribution >= 0.6 is 0 Å². The smallest absolute Gasteiger partial charge is 0.308 e. The summed E-state index contributed by atoms with van der Waals surface area (Å²) >= 11 is 0. The summed E-state index contributed by atoms with van der Waals surface area (Å²) in [5.41, 5.74) is 0. The highest BCUT2D eigenvalue weighted by Gasteiger charge is 2.30. The van der Waals surface area contributed by atoms with Gasteiger partial charge in [0.1, 0.15) is 0 Å². The van der Waals surface area contributed by atoms with Gasteiger partial charge in [0, 0.05) is 0 Å². The maximum atomic E-state index is 11.0. The largest absolute Gasteiger partial charge is 0.469 e. The van der Waals surface area contributed by atoms with Crippen LogP contribution in [0.25, 0.3) is 0 Å². The Labute approximate surface area is 61.6 Å². The van der Waals surface area contributed by atoms with Gasteiger partial charge in [0.15, 0.2) is 0 Å². The first-order valence-electron chi connectivity index (χ1n) is 3.83. The Bertz CT molecular complexity index is 131. The predicted octanol–water partition coefficient (Wildman–Crippen LogP) is 1.60. The van der Waals surface area contributed by atoms with Crippen molar-refractivity contribution in [2.24, 2.45) is 11.8 Å². The highest BCUT2D eigenvalue weighted by atomic mass is 16.5. The standard InChI is InChI=1S/C8H14O2/c1-6-4-3-5-7(6)8(9)10-2/h6-7H,3-5H2,1-2H3/t6?,7-/m1/s1. The lowest BCUT2D eigenvalue weighted by atomic mass is 9.99. The number of methoxy groups -OCH3 is 1. The summed E-state index contributed by atoms with van der Waals surface area (Å²) in [6.45, 7) is 2.12. The van der Waals surface area contributed by atoms with Gasteiger partial charge in [-0.05, 0) is 18.8 Å². The fourth-order valence-electron chi connectivity index (χ4n) is 1.65. The molecule has 2 heteroatoms. The number of carbonyl (C=O) groups is 1. The molecule has 0 radical (unpaired) electrons. The second-order valence-corrected chi connectivity index (χ2v) is 3.04. The van der Waals surface area contributed by atoms with Gasteiger partial charge < -0.3 is 4.74 Å². The van der Waals surface area contributed by atoms with E-state index in [1.165, 1.54) is 20.0 Å². The average Bonchev–Trinajstić information content (AvgIpc) is 2.34. The Morgan fingerprint density at radius 2 is 2.20 bits per heavy atom. The fraction of sp³-hybridized carbons (Fsp3) is 0.875. The minimum Gasteiger partial charge on any atom is -0.469 e. The molecule has 1 unspecified atom stereocenters. The van der Waals surface area contributed by atoms with Crippen molar-refractivity contribution < 1.29 is 9.53 Å². The molecular weight excluding hydrogens is 128 g/mol. The highest BCUT2D eigenvalue weighted by Crippen LogP contribution is 2.31. The van der Waals surface area contributed by atoms with E-state index in [2.05, 4.69) is 11.7 Å². The zero-order valence-electron chi connectivity index (χ0n) is 6.59. The predicted molar refractivity (Wildman–Crippen MR) is 38.5 cm³/mol. The van der Waals surface area contributed by atoms with Gasteiger partial charge >= 0.3 is 5.97 Å². The van der Waals surface area contributed by atoms with Gasteiger partial charge in [0.05, 0.1) is 13.0 Å². The third-order valence-corrected chi connectivity index (χ3v) is 2.37. The van der Waals surface area contributed by atoms with Crippen LogP contribution in [-0.2, 0) is 9.53 Å². The molecule has 2 atom stereocenters. The topological polar surface area (TPSA) is 26.3 Å². The minimum absolute atomic E-state index is 0.0231. The molecule has 0 saturated heterocycles. The summed E-state index contributed by atoms with van der Waals surface area (Å²) < 4.78 is 4.67. The van der Waals surface area contributed by atoms with E-state index in [-0.39, 0.29) is 11.9 Å². The highest BCUT2D eigenvalue weighted by molar-refractivity contribution is 5.72. The summed E-state index contributed by atoms with van der Waals surface area (Å²) in [7, 11) is 1.47. The van der Waals surface area contributed by atoms with Crippen molar-refractivity contribution in [1.82, 2.24) is 0 Å². The summed E-state index contributed by atoms with van der Waals surface area (Å²) in [4.78, 5) is 11.0. The number of ether oxygens (including phenoxy) is 1. The minimum atomic E-state index is -0.0231. The van der Waals surface area contributed by atoms with Gasteiger partial charge in [-0.2, -0.15) is 0 Å². The molecule has 1 saturated carbocycles. The van der Waals surface area contributed by atoms with Crippen LogP contribution in [0.1, 0.15) is 26.2 Å². The van der Waals surface area contributed by atoms with E-state index in [0.717, 1.165) is 6.42 Å². The number of hydrogen-bond acceptors (Lipinski definition) is 2. The van der Waals surface area contributed by atoms with Gasteiger partial charge in [-0.25, -0.2) is 0 Å². The fourth-order valence-corrected chi connectivity index (χ4v) is 1.65. The average molecular weight is 142 g/mol. The number of esters is 1. The monoisotopic (exact) mass is 142 g/mol. The molecule has 2 nitrogen and oxygen atoms in total. The van der Waals surface area contributed by atoms with Crippen LogP contribution < -0.4 is 0 Å². The molecule has 1 aliphatic rings. The first kappa shape index (κ1) is 7.58. The molecule has 1 aliphatic carbocycles. The van der Waals surface area contributed by atoms with Gasteiger partial charge in [0.2, 0.25) is 0 Å². The van der Waals surface area contributed by atoms with Gasteiger partial charge in [0.25, 0.3) is 0 Å². The molecule has 0 N–H and O–H groups in total. The van der Waals surface area contributed by atoms with E-state index in [4.69, 9.17) is 0 Å². The van der Waals surface area contributed by atoms with Gasteiger partial charge in [-0.15, -0.1) is 0 Å². The Morgan fingerprint density at radius 3 is 2.60 bits per heavy atom. The molecular formula is C8H14O2. The van der Waals surface area contributed by atoms with Gasteiger partial charge in [-0.3, -0.25) is 4.79 Å². The zero-order valence-corrected chi connectivity index (χ0v) is 6.59. The number of carbonyl (C=O) groups excluding carboxylic acids is 1. The summed E-state index contributed by atoms with van der Waals surface area (Å²) in [5.74, 6) is 0.697. The molecule has 0 aromatic heterocycles. The first-order valence-corrected chi connectivity index (χ1v) is 3.83. The van der Waals surface area contributed by atoms with Crippen molar-refractivity contribution in [2.75, 3.05) is 7.11 Å². The molecule has 0 aliphatic heterocycles. The lowest BCUT2D eigenvalue weighted by molar-refractivity contribution is -0.146. The molecule has 1 fully saturated rings. The third-order valence-electron chi connectivity index (χ3n) is 2.37. The Kier molecular flexibility index (Phi) is 2.30. The second-order valence-electron chi connectivity index (χ2n) is 3.04. The van der Waals surface area contributed by atoms with Crippen molar-refractivity contribution in [3.63, 3.8) is 0 Å². The summed E-state index contributed by atoms with van der Waals surface area (Å²) in [5, 5.41) is 0.